The molecule has 14 heavy (non-hydrogen) atoms. The van der Waals surface area contributed by atoms with E-state index in [-0.39, 0.29) is 71.9 Å². The Morgan fingerprint density at radius 2 is 1.64 bits per heavy atom. The molecule has 0 radical (unpaired) electrons. The van der Waals surface area contributed by atoms with Gasteiger partial charge in [0.15, 0.2) is 0 Å². The van der Waals surface area contributed by atoms with Gasteiger partial charge in [0, 0.05) is 0 Å². The van der Waals surface area contributed by atoms with Crippen molar-refractivity contribution in [3.05, 3.63) is 41.0 Å². The molecule has 1 aromatic carbocycles. The first-order chi connectivity index (χ1) is 5.29. The van der Waals surface area contributed by atoms with E-state index in [4.69, 9.17) is 0 Å². The van der Waals surface area contributed by atoms with Crippen LogP contribution in [0.5, 0.6) is 0 Å². The van der Waals surface area contributed by atoms with E-state index in [9.17, 15) is 0 Å². The van der Waals surface area contributed by atoms with Gasteiger partial charge in [-0.25, -0.2) is 0 Å². The molecule has 0 N–H and O–H groups in total. The van der Waals surface area contributed by atoms with Crippen molar-refractivity contribution in [1.29, 1.82) is 0 Å². The Morgan fingerprint density at radius 3 is 2.21 bits per heavy atom. The summed E-state index contributed by atoms with van der Waals surface area (Å²) >= 11 is 1.60. The van der Waals surface area contributed by atoms with Crippen molar-refractivity contribution >= 4 is 6.08 Å². The summed E-state index contributed by atoms with van der Waals surface area (Å²) in [6, 6.07) is 8.67. The fourth-order valence-electron chi connectivity index (χ4n) is 1.48. The van der Waals surface area contributed by atoms with Crippen molar-refractivity contribution in [3.63, 3.8) is 0 Å². The van der Waals surface area contributed by atoms with Gasteiger partial charge in [0.2, 0.25) is 0 Å². The van der Waals surface area contributed by atoms with E-state index in [0.717, 1.165) is 3.63 Å². The predicted molar refractivity (Wildman–Crippen MR) is 42.8 cm³/mol. The summed E-state index contributed by atoms with van der Waals surface area (Å²) in [5, 5.41) is 0. The van der Waals surface area contributed by atoms with Crippen molar-refractivity contribution < 1.29 is 96.6 Å². The second-order valence-corrected chi connectivity index (χ2v) is 4.37. The summed E-state index contributed by atoms with van der Waals surface area (Å²) in [5.74, 6) is 0. The quantitative estimate of drug-likeness (QED) is 0.260. The monoisotopic (exact) mass is 600 g/mol. The number of benzene rings is 1. The average Bonchev–Trinajstić information content (AvgIpc) is 2.30. The molecule has 0 amide bonds. The third kappa shape index (κ3) is 3.80. The molecule has 0 fully saturated rings. The van der Waals surface area contributed by atoms with Crippen LogP contribution in [0.15, 0.2) is 29.8 Å². The maximum atomic E-state index is 2.30. The van der Waals surface area contributed by atoms with Crippen molar-refractivity contribution in [3.8, 4) is 0 Å². The number of rotatable bonds is 0. The number of hydrogen-bond acceptors (Lipinski definition) is 0. The van der Waals surface area contributed by atoms with Crippen LogP contribution in [0.3, 0.4) is 0 Å². The van der Waals surface area contributed by atoms with Crippen LogP contribution in [-0.2, 0) is 24.7 Å². The van der Waals surface area contributed by atoms with E-state index >= 15 is 0 Å². The molecular formula is C10H9I3Zr. The zero-order valence-corrected chi connectivity index (χ0v) is 16.5. The standard InChI is InChI=1S/C10H9.3HI.Zr/c1-8-6-9-4-2-3-5-10(9)7-8;;;;/h2-7H,1H3;3*1H;/q;;;;+3/p-3. The van der Waals surface area contributed by atoms with Gasteiger partial charge in [-0.15, -0.1) is 0 Å². The summed E-state index contributed by atoms with van der Waals surface area (Å²) in [5.41, 5.74) is 4.46. The normalized spacial score (nSPS) is 16.8. The Bertz CT molecular complexity index is 323. The Morgan fingerprint density at radius 1 is 1.07 bits per heavy atom. The molecule has 0 nitrogen and oxygen atoms in total. The molecule has 0 saturated carbocycles. The van der Waals surface area contributed by atoms with Gasteiger partial charge in [0.25, 0.3) is 0 Å². The fraction of sp³-hybridized carbons (Fsp3) is 0.200. The summed E-state index contributed by atoms with van der Waals surface area (Å²) < 4.78 is 0.721. The molecule has 1 aromatic rings. The average molecular weight is 601 g/mol. The molecule has 0 spiro atoms. The molecule has 0 aromatic heterocycles. The van der Waals surface area contributed by atoms with Gasteiger partial charge in [-0.3, -0.25) is 0 Å². The second-order valence-electron chi connectivity index (χ2n) is 2.95. The number of hydrogen-bond donors (Lipinski definition) is 0. The predicted octanol–water partition coefficient (Wildman–Crippen LogP) is -6.30. The van der Waals surface area contributed by atoms with Gasteiger partial charge >= 0.3 is 82.3 Å². The fourth-order valence-corrected chi connectivity index (χ4v) is 2.33. The molecule has 0 bridgehead atoms. The number of allylic oxidation sites excluding steroid dienone is 1. The van der Waals surface area contributed by atoms with Crippen LogP contribution in [-0.4, -0.2) is 0 Å². The topological polar surface area (TPSA) is 0 Å². The minimum absolute atomic E-state index is 0. The maximum Gasteiger partial charge on any atom is -1.00 e. The molecule has 0 aliphatic heterocycles. The third-order valence-corrected chi connectivity index (χ3v) is 4.03. The van der Waals surface area contributed by atoms with Gasteiger partial charge in [0.05, 0.1) is 0 Å². The molecule has 1 aliphatic carbocycles. The van der Waals surface area contributed by atoms with Gasteiger partial charge in [0.1, 0.15) is 0 Å². The van der Waals surface area contributed by atoms with Crippen molar-refractivity contribution in [1.82, 2.24) is 0 Å². The number of halogens is 3. The second kappa shape index (κ2) is 8.17. The molecule has 74 valence electrons. The Kier molecular flexibility index (Phi) is 10.7. The minimum Gasteiger partial charge on any atom is -1.00 e. The molecule has 1 atom stereocenters. The van der Waals surface area contributed by atoms with Crippen LogP contribution in [0.1, 0.15) is 21.7 Å². The van der Waals surface area contributed by atoms with Crippen LogP contribution in [0.2, 0.25) is 0 Å². The van der Waals surface area contributed by atoms with Crippen LogP contribution >= 0.6 is 0 Å². The first-order valence-electron chi connectivity index (χ1n) is 3.77. The van der Waals surface area contributed by atoms with Gasteiger partial charge in [-0.05, 0) is 0 Å². The van der Waals surface area contributed by atoms with E-state index in [1.54, 1.807) is 24.7 Å². The van der Waals surface area contributed by atoms with Crippen molar-refractivity contribution in [2.24, 2.45) is 0 Å². The minimum atomic E-state index is 0. The first-order valence-corrected chi connectivity index (χ1v) is 5.19. The van der Waals surface area contributed by atoms with Crippen LogP contribution in [0.25, 0.3) is 6.08 Å². The van der Waals surface area contributed by atoms with Crippen LogP contribution in [0.4, 0.5) is 0 Å². The third-order valence-electron chi connectivity index (χ3n) is 2.15. The Hall–Kier alpha value is 2.03. The summed E-state index contributed by atoms with van der Waals surface area (Å²) in [6.07, 6.45) is 2.30. The van der Waals surface area contributed by atoms with E-state index in [1.165, 1.54) is 16.7 Å². The van der Waals surface area contributed by atoms with E-state index in [0.29, 0.717) is 0 Å². The van der Waals surface area contributed by atoms with Crippen molar-refractivity contribution in [2.75, 3.05) is 0 Å². The SMILES string of the molecule is CC1=Cc2ccccc2[CH]1[Zr+3].[I-].[I-].[I-]. The molecule has 0 saturated heterocycles. The summed E-state index contributed by atoms with van der Waals surface area (Å²) in [4.78, 5) is 0. The van der Waals surface area contributed by atoms with E-state index in [2.05, 4.69) is 37.3 Å². The van der Waals surface area contributed by atoms with Crippen LogP contribution in [0, 0.1) is 0 Å². The molecule has 0 heterocycles. The largest absolute Gasteiger partial charge is 1.00 e. The Balaban J connectivity index is 0. The van der Waals surface area contributed by atoms with E-state index < -0.39 is 0 Å². The molecule has 2 rings (SSSR count). The molecule has 4 heteroatoms. The van der Waals surface area contributed by atoms with Gasteiger partial charge in [-0.1, -0.05) is 0 Å². The maximum absolute atomic E-state index is 2.30. The van der Waals surface area contributed by atoms with Gasteiger partial charge < -0.3 is 71.9 Å². The summed E-state index contributed by atoms with van der Waals surface area (Å²) in [6.45, 7) is 2.22. The van der Waals surface area contributed by atoms with E-state index in [1.807, 2.05) is 0 Å². The number of fused-ring (bicyclic) bond motifs is 1. The smallest absolute Gasteiger partial charge is 1.00 e. The van der Waals surface area contributed by atoms with Gasteiger partial charge in [-0.2, -0.15) is 0 Å². The van der Waals surface area contributed by atoms with Crippen LogP contribution < -0.4 is 71.9 Å². The molecule has 1 unspecified atom stereocenters. The first kappa shape index (κ1) is 18.4. The Labute approximate surface area is 152 Å². The molecular weight excluding hydrogens is 592 g/mol. The summed E-state index contributed by atoms with van der Waals surface area (Å²) in [7, 11) is 0. The van der Waals surface area contributed by atoms with Crippen molar-refractivity contribution in [2.45, 2.75) is 10.5 Å². The zero-order valence-electron chi connectivity index (χ0n) is 7.60. The zero-order chi connectivity index (χ0) is 7.84. The molecule has 1 aliphatic rings.